The predicted octanol–water partition coefficient (Wildman–Crippen LogP) is 3.76. The zero-order chi connectivity index (χ0) is 19.1. The molecule has 3 aromatic rings. The van der Waals surface area contributed by atoms with Gasteiger partial charge in [-0.2, -0.15) is 0 Å². The summed E-state index contributed by atoms with van der Waals surface area (Å²) in [6, 6.07) is 11.9. The van der Waals surface area contributed by atoms with E-state index in [1.165, 1.54) is 5.56 Å². The van der Waals surface area contributed by atoms with Crippen molar-refractivity contribution in [1.29, 1.82) is 0 Å². The number of benzene rings is 2. The highest BCUT2D eigenvalue weighted by Gasteiger charge is 2.23. The van der Waals surface area contributed by atoms with E-state index in [1.807, 2.05) is 24.3 Å². The third-order valence-electron chi connectivity index (χ3n) is 5.68. The van der Waals surface area contributed by atoms with E-state index in [1.54, 1.807) is 7.11 Å². The molecular formula is C22H23NO4S. The maximum atomic E-state index is 13.3. The van der Waals surface area contributed by atoms with Gasteiger partial charge in [0.1, 0.15) is 5.76 Å². The molecule has 0 amide bonds. The number of hydrogen-bond acceptors (Lipinski definition) is 5. The van der Waals surface area contributed by atoms with Crippen molar-refractivity contribution in [3.63, 3.8) is 0 Å². The molecule has 0 bridgehead atoms. The molecule has 1 N–H and O–H groups in total. The second kappa shape index (κ2) is 7.35. The van der Waals surface area contributed by atoms with Crippen molar-refractivity contribution in [2.45, 2.75) is 35.1 Å². The van der Waals surface area contributed by atoms with Crippen LogP contribution in [0.2, 0.25) is 0 Å². The summed E-state index contributed by atoms with van der Waals surface area (Å²) in [4.78, 5) is 1.52. The first-order valence-corrected chi connectivity index (χ1v) is 10.8. The van der Waals surface area contributed by atoms with E-state index in [-0.39, 0.29) is 0 Å². The average molecular weight is 397 g/mol. The molecule has 3 heterocycles. The van der Waals surface area contributed by atoms with Crippen LogP contribution in [0.15, 0.2) is 50.6 Å². The summed E-state index contributed by atoms with van der Waals surface area (Å²) in [5.74, 6) is 2.08. The Morgan fingerprint density at radius 2 is 2.04 bits per heavy atom. The summed E-state index contributed by atoms with van der Waals surface area (Å²) < 4.78 is 30.3. The van der Waals surface area contributed by atoms with Gasteiger partial charge in [0.25, 0.3) is 0 Å². The number of furan rings is 1. The van der Waals surface area contributed by atoms with Crippen molar-refractivity contribution in [3.8, 4) is 5.75 Å². The second-order valence-corrected chi connectivity index (χ2v) is 8.81. The van der Waals surface area contributed by atoms with Crippen LogP contribution in [0.3, 0.4) is 0 Å². The Balaban J connectivity index is 1.52. The van der Waals surface area contributed by atoms with Crippen LogP contribution in [-0.4, -0.2) is 31.1 Å². The first-order chi connectivity index (χ1) is 13.7. The Morgan fingerprint density at radius 3 is 2.79 bits per heavy atom. The van der Waals surface area contributed by atoms with Crippen molar-refractivity contribution in [3.05, 3.63) is 53.3 Å². The van der Waals surface area contributed by atoms with Crippen molar-refractivity contribution >= 4 is 21.8 Å². The van der Waals surface area contributed by atoms with Gasteiger partial charge in [-0.05, 0) is 30.2 Å². The van der Waals surface area contributed by atoms with E-state index in [0.29, 0.717) is 11.7 Å². The standard InChI is InChI=1S/C22H23NO4S/c1-25-21-11-17(10-18-19-12-23-8-6-20(19)27-22(18)21)28(24)16-4-2-14(3-5-16)15-7-9-26-13-15/h2-5,10-11,15,23H,6-9,12-13H2,1H3. The van der Waals surface area contributed by atoms with Gasteiger partial charge in [0.2, 0.25) is 0 Å². The molecule has 0 saturated carbocycles. The minimum atomic E-state index is -1.28. The maximum Gasteiger partial charge on any atom is 0.176 e. The molecule has 6 heteroatoms. The van der Waals surface area contributed by atoms with Crippen LogP contribution >= 0.6 is 0 Å². The first kappa shape index (κ1) is 17.9. The predicted molar refractivity (Wildman–Crippen MR) is 107 cm³/mol. The van der Waals surface area contributed by atoms with Crippen LogP contribution in [0, 0.1) is 0 Å². The van der Waals surface area contributed by atoms with Gasteiger partial charge in [0, 0.05) is 58.8 Å². The number of methoxy groups -OCH3 is 1. The van der Waals surface area contributed by atoms with E-state index in [0.717, 1.165) is 71.2 Å². The van der Waals surface area contributed by atoms with E-state index >= 15 is 0 Å². The Labute approximate surface area is 166 Å². The third-order valence-corrected chi connectivity index (χ3v) is 7.04. The first-order valence-electron chi connectivity index (χ1n) is 9.67. The highest BCUT2D eigenvalue weighted by Crippen LogP contribution is 2.37. The zero-order valence-corrected chi connectivity index (χ0v) is 16.6. The maximum absolute atomic E-state index is 13.3. The van der Waals surface area contributed by atoms with Crippen molar-refractivity contribution in [2.75, 3.05) is 26.9 Å². The quantitative estimate of drug-likeness (QED) is 0.726. The second-order valence-electron chi connectivity index (χ2n) is 7.33. The molecule has 2 aliphatic rings. The van der Waals surface area contributed by atoms with Gasteiger partial charge in [-0.3, -0.25) is 0 Å². The molecule has 0 spiro atoms. The topological polar surface area (TPSA) is 60.7 Å². The summed E-state index contributed by atoms with van der Waals surface area (Å²) >= 11 is 0. The van der Waals surface area contributed by atoms with Crippen LogP contribution in [0.4, 0.5) is 0 Å². The molecule has 2 unspecified atom stereocenters. The lowest BCUT2D eigenvalue weighted by Crippen LogP contribution is -2.22. The lowest BCUT2D eigenvalue weighted by molar-refractivity contribution is 0.194. The molecule has 28 heavy (non-hydrogen) atoms. The molecule has 0 aliphatic carbocycles. The normalized spacial score (nSPS) is 20.2. The van der Waals surface area contributed by atoms with Gasteiger partial charge in [0.05, 0.1) is 24.5 Å². The molecule has 2 aromatic carbocycles. The summed E-state index contributed by atoms with van der Waals surface area (Å²) in [7, 11) is 0.342. The fraction of sp³-hybridized carbons (Fsp3) is 0.364. The largest absolute Gasteiger partial charge is 0.493 e. The Kier molecular flexibility index (Phi) is 4.70. The van der Waals surface area contributed by atoms with Gasteiger partial charge in [-0.1, -0.05) is 12.1 Å². The molecule has 2 atom stereocenters. The summed E-state index contributed by atoms with van der Waals surface area (Å²) in [6.07, 6.45) is 1.91. The summed E-state index contributed by atoms with van der Waals surface area (Å²) in [5, 5.41) is 4.37. The smallest absolute Gasteiger partial charge is 0.176 e. The van der Waals surface area contributed by atoms with Gasteiger partial charge < -0.3 is 19.2 Å². The highest BCUT2D eigenvalue weighted by molar-refractivity contribution is 7.85. The molecule has 1 fully saturated rings. The minimum absolute atomic E-state index is 0.448. The van der Waals surface area contributed by atoms with E-state index in [4.69, 9.17) is 13.9 Å². The van der Waals surface area contributed by atoms with Crippen molar-refractivity contribution in [1.82, 2.24) is 5.32 Å². The Bertz CT molecular complexity index is 1030. The number of fused-ring (bicyclic) bond motifs is 3. The lowest BCUT2D eigenvalue weighted by Gasteiger charge is -2.11. The van der Waals surface area contributed by atoms with Crippen molar-refractivity contribution in [2.24, 2.45) is 0 Å². The van der Waals surface area contributed by atoms with E-state index < -0.39 is 10.8 Å². The van der Waals surface area contributed by atoms with Crippen LogP contribution in [0.25, 0.3) is 11.0 Å². The Hall–Kier alpha value is -2.15. The van der Waals surface area contributed by atoms with E-state index in [2.05, 4.69) is 17.4 Å². The third kappa shape index (κ3) is 3.05. The molecule has 0 radical (unpaired) electrons. The summed E-state index contributed by atoms with van der Waals surface area (Å²) in [5.41, 5.74) is 3.14. The van der Waals surface area contributed by atoms with Gasteiger partial charge in [-0.25, -0.2) is 4.21 Å². The Morgan fingerprint density at radius 1 is 1.18 bits per heavy atom. The van der Waals surface area contributed by atoms with Crippen LogP contribution in [-0.2, 0) is 28.5 Å². The number of nitrogens with one attached hydrogen (secondary N) is 1. The molecular weight excluding hydrogens is 374 g/mol. The molecule has 1 aromatic heterocycles. The molecule has 5 nitrogen and oxygen atoms in total. The number of hydrogen-bond donors (Lipinski definition) is 1. The number of ether oxygens (including phenoxy) is 2. The van der Waals surface area contributed by atoms with Gasteiger partial charge >= 0.3 is 0 Å². The van der Waals surface area contributed by atoms with Crippen LogP contribution in [0.1, 0.15) is 29.2 Å². The highest BCUT2D eigenvalue weighted by atomic mass is 32.2. The SMILES string of the molecule is COc1cc(S(=O)c2ccc(C3CCOC3)cc2)cc2c3c(oc12)CCNC3. The van der Waals surface area contributed by atoms with Gasteiger partial charge in [-0.15, -0.1) is 0 Å². The molecule has 1 saturated heterocycles. The fourth-order valence-corrected chi connectivity index (χ4v) is 5.20. The molecule has 2 aliphatic heterocycles. The van der Waals surface area contributed by atoms with E-state index in [9.17, 15) is 4.21 Å². The van der Waals surface area contributed by atoms with Crippen LogP contribution in [0.5, 0.6) is 5.75 Å². The summed E-state index contributed by atoms with van der Waals surface area (Å²) in [6.45, 7) is 3.27. The minimum Gasteiger partial charge on any atom is -0.493 e. The molecule has 146 valence electrons. The van der Waals surface area contributed by atoms with Gasteiger partial charge in [0.15, 0.2) is 11.3 Å². The van der Waals surface area contributed by atoms with Crippen LogP contribution < -0.4 is 10.1 Å². The fourth-order valence-electron chi connectivity index (χ4n) is 4.11. The number of rotatable bonds is 4. The van der Waals surface area contributed by atoms with Crippen molar-refractivity contribution < 1.29 is 18.1 Å². The average Bonchev–Trinajstić information content (AvgIpc) is 3.41. The molecule has 5 rings (SSSR count). The lowest BCUT2D eigenvalue weighted by atomic mass is 9.99. The zero-order valence-electron chi connectivity index (χ0n) is 15.8. The monoisotopic (exact) mass is 397 g/mol.